The SMILES string of the molecule is CCc1cc(S(=O)(=O)N2c3ccc(C4COC4)cc3CCC2C2CC2)ccc1OCC1CCOCC1. The third kappa shape index (κ3) is 4.66. The van der Waals surface area contributed by atoms with Gasteiger partial charge in [0.1, 0.15) is 5.75 Å². The van der Waals surface area contributed by atoms with E-state index in [1.807, 2.05) is 18.2 Å². The lowest BCUT2D eigenvalue weighted by Gasteiger charge is -2.39. The van der Waals surface area contributed by atoms with E-state index in [1.54, 1.807) is 10.4 Å². The van der Waals surface area contributed by atoms with Gasteiger partial charge in [-0.25, -0.2) is 8.42 Å². The lowest BCUT2D eigenvalue weighted by Crippen LogP contribution is -2.45. The smallest absolute Gasteiger partial charge is 0.264 e. The second kappa shape index (κ2) is 9.99. The standard InChI is InChI=1S/C29H37NO5S/c1-2-21-16-26(7-10-29(21)35-17-20-11-13-33-14-12-20)36(31,32)30-27(22-3-4-22)9-6-24-15-23(5-8-28(24)30)25-18-34-19-25/h5,7-8,10,15-16,20,22,25,27H,2-4,6,9,11-14,17-19H2,1H3. The Hall–Kier alpha value is -2.09. The van der Waals surface area contributed by atoms with E-state index in [9.17, 15) is 8.42 Å². The zero-order chi connectivity index (χ0) is 24.7. The molecule has 0 aromatic heterocycles. The van der Waals surface area contributed by atoms with Crippen LogP contribution in [0.4, 0.5) is 5.69 Å². The molecule has 1 aliphatic carbocycles. The highest BCUT2D eigenvalue weighted by molar-refractivity contribution is 7.92. The van der Waals surface area contributed by atoms with Gasteiger partial charge in [-0.2, -0.15) is 0 Å². The summed E-state index contributed by atoms with van der Waals surface area (Å²) >= 11 is 0. The fraction of sp³-hybridized carbons (Fsp3) is 0.586. The van der Waals surface area contributed by atoms with Crippen molar-refractivity contribution in [1.29, 1.82) is 0 Å². The molecule has 1 unspecified atom stereocenters. The lowest BCUT2D eigenvalue weighted by molar-refractivity contribution is 0.00839. The summed E-state index contributed by atoms with van der Waals surface area (Å²) in [6, 6.07) is 11.9. The molecule has 3 fully saturated rings. The highest BCUT2D eigenvalue weighted by atomic mass is 32.2. The van der Waals surface area contributed by atoms with E-state index in [-0.39, 0.29) is 6.04 Å². The van der Waals surface area contributed by atoms with Crippen LogP contribution < -0.4 is 9.04 Å². The summed E-state index contributed by atoms with van der Waals surface area (Å²) in [4.78, 5) is 0.368. The highest BCUT2D eigenvalue weighted by Crippen LogP contribution is 2.46. The predicted octanol–water partition coefficient (Wildman–Crippen LogP) is 5.09. The molecule has 0 bridgehead atoms. The molecule has 6 rings (SSSR count). The molecule has 0 N–H and O–H groups in total. The number of ether oxygens (including phenoxy) is 3. The topological polar surface area (TPSA) is 65.1 Å². The minimum absolute atomic E-state index is 0.0370. The normalized spacial score (nSPS) is 23.2. The molecule has 0 spiro atoms. The molecule has 4 aliphatic rings. The molecule has 7 heteroatoms. The maximum atomic E-state index is 14.2. The van der Waals surface area contributed by atoms with Gasteiger partial charge in [0.15, 0.2) is 0 Å². The first-order valence-corrected chi connectivity index (χ1v) is 15.1. The maximum absolute atomic E-state index is 14.2. The van der Waals surface area contributed by atoms with Crippen LogP contribution in [0.15, 0.2) is 41.3 Å². The number of sulfonamides is 1. The first-order chi connectivity index (χ1) is 17.5. The monoisotopic (exact) mass is 511 g/mol. The Labute approximate surface area is 215 Å². The van der Waals surface area contributed by atoms with Crippen LogP contribution in [0.3, 0.4) is 0 Å². The molecule has 36 heavy (non-hydrogen) atoms. The van der Waals surface area contributed by atoms with Gasteiger partial charge in [-0.05, 0) is 97.7 Å². The number of nitrogens with zero attached hydrogens (tertiary/aromatic N) is 1. The first kappa shape index (κ1) is 24.3. The van der Waals surface area contributed by atoms with E-state index in [2.05, 4.69) is 19.1 Å². The van der Waals surface area contributed by atoms with E-state index < -0.39 is 10.0 Å². The summed E-state index contributed by atoms with van der Waals surface area (Å²) in [5.41, 5.74) is 4.22. The maximum Gasteiger partial charge on any atom is 0.264 e. The van der Waals surface area contributed by atoms with Gasteiger partial charge in [-0.1, -0.05) is 19.1 Å². The van der Waals surface area contributed by atoms with Crippen LogP contribution in [0.25, 0.3) is 0 Å². The van der Waals surface area contributed by atoms with E-state index in [0.717, 1.165) is 93.9 Å². The highest BCUT2D eigenvalue weighted by Gasteiger charge is 2.44. The van der Waals surface area contributed by atoms with Crippen molar-refractivity contribution in [3.05, 3.63) is 53.1 Å². The Morgan fingerprint density at radius 2 is 1.78 bits per heavy atom. The third-order valence-corrected chi connectivity index (χ3v) is 10.2. The van der Waals surface area contributed by atoms with E-state index in [0.29, 0.717) is 29.3 Å². The molecular formula is C29H37NO5S. The summed E-state index contributed by atoms with van der Waals surface area (Å²) < 4.78 is 47.2. The van der Waals surface area contributed by atoms with Gasteiger partial charge in [0, 0.05) is 25.2 Å². The molecule has 194 valence electrons. The number of hydrogen-bond acceptors (Lipinski definition) is 5. The molecule has 2 aromatic rings. The first-order valence-electron chi connectivity index (χ1n) is 13.6. The minimum atomic E-state index is -3.70. The van der Waals surface area contributed by atoms with Crippen molar-refractivity contribution in [3.63, 3.8) is 0 Å². The van der Waals surface area contributed by atoms with Gasteiger partial charge < -0.3 is 14.2 Å². The molecule has 3 heterocycles. The van der Waals surface area contributed by atoms with Crippen LogP contribution in [-0.4, -0.2) is 47.5 Å². The van der Waals surface area contributed by atoms with E-state index in [1.165, 1.54) is 5.56 Å². The summed E-state index contributed by atoms with van der Waals surface area (Å²) in [5.74, 6) is 2.18. The number of rotatable bonds is 8. The molecule has 3 aliphatic heterocycles. The van der Waals surface area contributed by atoms with Crippen molar-refractivity contribution in [2.24, 2.45) is 11.8 Å². The third-order valence-electron chi connectivity index (χ3n) is 8.41. The molecule has 0 amide bonds. The van der Waals surface area contributed by atoms with Crippen molar-refractivity contribution in [2.45, 2.75) is 68.7 Å². The van der Waals surface area contributed by atoms with Crippen molar-refractivity contribution < 1.29 is 22.6 Å². The molecule has 2 aromatic carbocycles. The number of fused-ring (bicyclic) bond motifs is 1. The van der Waals surface area contributed by atoms with Gasteiger partial charge >= 0.3 is 0 Å². The molecule has 2 saturated heterocycles. The van der Waals surface area contributed by atoms with Crippen LogP contribution in [0, 0.1) is 11.8 Å². The molecule has 6 nitrogen and oxygen atoms in total. The van der Waals surface area contributed by atoms with Crippen LogP contribution in [0.5, 0.6) is 5.75 Å². The van der Waals surface area contributed by atoms with Crippen molar-refractivity contribution >= 4 is 15.7 Å². The summed E-state index contributed by atoms with van der Waals surface area (Å²) in [6.07, 6.45) is 6.80. The summed E-state index contributed by atoms with van der Waals surface area (Å²) in [7, 11) is -3.70. The molecule has 0 radical (unpaired) electrons. The molecular weight excluding hydrogens is 474 g/mol. The number of benzene rings is 2. The van der Waals surface area contributed by atoms with Crippen LogP contribution >= 0.6 is 0 Å². The molecule has 1 atom stereocenters. The van der Waals surface area contributed by atoms with Crippen molar-refractivity contribution in [3.8, 4) is 5.75 Å². The van der Waals surface area contributed by atoms with Crippen molar-refractivity contribution in [2.75, 3.05) is 37.3 Å². The van der Waals surface area contributed by atoms with Crippen LogP contribution in [-0.2, 0) is 32.3 Å². The Kier molecular flexibility index (Phi) is 6.73. The van der Waals surface area contributed by atoms with Gasteiger partial charge in [0.25, 0.3) is 10.0 Å². The minimum Gasteiger partial charge on any atom is -0.493 e. The van der Waals surface area contributed by atoms with Gasteiger partial charge in [-0.3, -0.25) is 4.31 Å². The Balaban J connectivity index is 1.29. The fourth-order valence-corrected chi connectivity index (χ4v) is 7.72. The Morgan fingerprint density at radius 1 is 0.972 bits per heavy atom. The lowest BCUT2D eigenvalue weighted by atomic mass is 9.90. The van der Waals surface area contributed by atoms with Gasteiger partial charge in [0.05, 0.1) is 30.4 Å². The average molecular weight is 512 g/mol. The van der Waals surface area contributed by atoms with E-state index in [4.69, 9.17) is 14.2 Å². The predicted molar refractivity (Wildman–Crippen MR) is 139 cm³/mol. The van der Waals surface area contributed by atoms with E-state index >= 15 is 0 Å². The number of aryl methyl sites for hydroxylation is 2. The van der Waals surface area contributed by atoms with Crippen LogP contribution in [0.2, 0.25) is 0 Å². The molecule has 1 saturated carbocycles. The largest absolute Gasteiger partial charge is 0.493 e. The second-order valence-electron chi connectivity index (χ2n) is 10.9. The zero-order valence-corrected chi connectivity index (χ0v) is 22.0. The average Bonchev–Trinajstić information content (AvgIpc) is 3.71. The van der Waals surface area contributed by atoms with Crippen LogP contribution in [0.1, 0.15) is 61.6 Å². The summed E-state index contributed by atoms with van der Waals surface area (Å²) in [5, 5.41) is 0. The summed E-state index contributed by atoms with van der Waals surface area (Å²) in [6.45, 7) is 5.81. The Morgan fingerprint density at radius 3 is 2.47 bits per heavy atom. The Bertz CT molecular complexity index is 1200. The van der Waals surface area contributed by atoms with Crippen molar-refractivity contribution in [1.82, 2.24) is 0 Å². The number of hydrogen-bond donors (Lipinski definition) is 0. The fourth-order valence-electron chi connectivity index (χ4n) is 5.89. The number of anilines is 1. The second-order valence-corrected chi connectivity index (χ2v) is 12.7. The zero-order valence-electron chi connectivity index (χ0n) is 21.2. The quantitative estimate of drug-likeness (QED) is 0.494. The van der Waals surface area contributed by atoms with Gasteiger partial charge in [0.2, 0.25) is 0 Å². The van der Waals surface area contributed by atoms with Gasteiger partial charge in [-0.15, -0.1) is 0 Å².